The Bertz CT molecular complexity index is 177. The van der Waals surface area contributed by atoms with Crippen LogP contribution < -0.4 is 0 Å². The summed E-state index contributed by atoms with van der Waals surface area (Å²) in [4.78, 5) is 0. The molecule has 0 saturated carbocycles. The molecule has 0 amide bonds. The summed E-state index contributed by atoms with van der Waals surface area (Å²) in [6.45, 7) is 2.71. The average molecular weight is 188 g/mol. The zero-order chi connectivity index (χ0) is 8.81. The van der Waals surface area contributed by atoms with Gasteiger partial charge in [0.1, 0.15) is 0 Å². The smallest absolute Gasteiger partial charge is 0.0876 e. The SMILES string of the molecule is C/C=C/OCCC1CCS(=O)C1. The molecular weight excluding hydrogens is 172 g/mol. The highest BCUT2D eigenvalue weighted by Crippen LogP contribution is 2.18. The Kier molecular flexibility index (Phi) is 4.36. The van der Waals surface area contributed by atoms with Gasteiger partial charge in [-0.25, -0.2) is 0 Å². The van der Waals surface area contributed by atoms with E-state index in [2.05, 4.69) is 0 Å². The molecule has 1 heterocycles. The Balaban J connectivity index is 2.04. The molecule has 0 aromatic carbocycles. The van der Waals surface area contributed by atoms with Gasteiger partial charge in [-0.15, -0.1) is 0 Å². The van der Waals surface area contributed by atoms with Crippen molar-refractivity contribution in [3.05, 3.63) is 12.3 Å². The van der Waals surface area contributed by atoms with E-state index in [4.69, 9.17) is 4.74 Å². The first-order valence-electron chi connectivity index (χ1n) is 4.40. The zero-order valence-electron chi connectivity index (χ0n) is 7.49. The predicted octanol–water partition coefficient (Wildman–Crippen LogP) is 1.70. The molecule has 1 rings (SSSR count). The molecule has 0 radical (unpaired) electrons. The van der Waals surface area contributed by atoms with Crippen molar-refractivity contribution >= 4 is 10.8 Å². The fourth-order valence-corrected chi connectivity index (χ4v) is 2.98. The van der Waals surface area contributed by atoms with Gasteiger partial charge in [0.05, 0.1) is 12.9 Å². The van der Waals surface area contributed by atoms with Gasteiger partial charge in [0.15, 0.2) is 0 Å². The van der Waals surface area contributed by atoms with E-state index in [1.54, 1.807) is 6.26 Å². The Morgan fingerprint density at radius 1 is 1.67 bits per heavy atom. The molecule has 0 aromatic rings. The Morgan fingerprint density at radius 3 is 3.08 bits per heavy atom. The molecule has 12 heavy (non-hydrogen) atoms. The minimum Gasteiger partial charge on any atom is -0.502 e. The van der Waals surface area contributed by atoms with E-state index in [0.717, 1.165) is 31.0 Å². The maximum absolute atomic E-state index is 11.0. The molecule has 1 fully saturated rings. The van der Waals surface area contributed by atoms with Crippen LogP contribution in [0.5, 0.6) is 0 Å². The van der Waals surface area contributed by atoms with Crippen LogP contribution in [0, 0.1) is 5.92 Å². The Labute approximate surface area is 76.5 Å². The van der Waals surface area contributed by atoms with Crippen LogP contribution in [-0.4, -0.2) is 22.3 Å². The van der Waals surface area contributed by atoms with Crippen LogP contribution in [0.25, 0.3) is 0 Å². The number of hydrogen-bond donors (Lipinski definition) is 0. The molecule has 2 atom stereocenters. The predicted molar refractivity (Wildman–Crippen MR) is 51.4 cm³/mol. The van der Waals surface area contributed by atoms with Crippen molar-refractivity contribution in [1.82, 2.24) is 0 Å². The lowest BCUT2D eigenvalue weighted by atomic mass is 10.1. The van der Waals surface area contributed by atoms with E-state index in [9.17, 15) is 4.21 Å². The standard InChI is InChI=1S/C9H16O2S/c1-2-5-11-6-3-9-4-7-12(10)8-9/h2,5,9H,3-4,6-8H2,1H3/b5-2+. The zero-order valence-corrected chi connectivity index (χ0v) is 8.31. The molecule has 0 bridgehead atoms. The lowest BCUT2D eigenvalue weighted by Crippen LogP contribution is -2.03. The quantitative estimate of drug-likeness (QED) is 0.496. The minimum absolute atomic E-state index is 0.534. The highest BCUT2D eigenvalue weighted by molar-refractivity contribution is 7.85. The normalized spacial score (nSPS) is 29.8. The summed E-state index contributed by atoms with van der Waals surface area (Å²) in [5.74, 6) is 2.42. The van der Waals surface area contributed by atoms with Crippen molar-refractivity contribution in [3.8, 4) is 0 Å². The Hall–Kier alpha value is -0.310. The van der Waals surface area contributed by atoms with Crippen LogP contribution in [0.3, 0.4) is 0 Å². The molecule has 70 valence electrons. The first kappa shape index (κ1) is 9.78. The fraction of sp³-hybridized carbons (Fsp3) is 0.778. The molecule has 1 aliphatic heterocycles. The lowest BCUT2D eigenvalue weighted by molar-refractivity contribution is 0.226. The van der Waals surface area contributed by atoms with Gasteiger partial charge < -0.3 is 4.74 Å². The molecule has 3 heteroatoms. The molecule has 1 aliphatic rings. The van der Waals surface area contributed by atoms with Crippen molar-refractivity contribution in [2.75, 3.05) is 18.1 Å². The summed E-state index contributed by atoms with van der Waals surface area (Å²) in [6.07, 6.45) is 5.76. The average Bonchev–Trinajstić information content (AvgIpc) is 2.45. The summed E-state index contributed by atoms with van der Waals surface area (Å²) >= 11 is 0. The van der Waals surface area contributed by atoms with E-state index in [1.165, 1.54) is 0 Å². The number of rotatable bonds is 4. The third kappa shape index (κ3) is 3.39. The second-order valence-corrected chi connectivity index (χ2v) is 4.72. The maximum Gasteiger partial charge on any atom is 0.0876 e. The van der Waals surface area contributed by atoms with Gasteiger partial charge in [-0.3, -0.25) is 4.21 Å². The van der Waals surface area contributed by atoms with Crippen molar-refractivity contribution < 1.29 is 8.95 Å². The number of hydrogen-bond acceptors (Lipinski definition) is 2. The topological polar surface area (TPSA) is 26.3 Å². The van der Waals surface area contributed by atoms with E-state index < -0.39 is 10.8 Å². The van der Waals surface area contributed by atoms with Gasteiger partial charge in [0, 0.05) is 22.3 Å². The summed E-state index contributed by atoms with van der Waals surface area (Å²) in [7, 11) is -0.534. The van der Waals surface area contributed by atoms with Crippen LogP contribution in [0.4, 0.5) is 0 Å². The number of allylic oxidation sites excluding steroid dienone is 1. The van der Waals surface area contributed by atoms with E-state index in [-0.39, 0.29) is 0 Å². The summed E-state index contributed by atoms with van der Waals surface area (Å²) in [6, 6.07) is 0. The highest BCUT2D eigenvalue weighted by Gasteiger charge is 2.20. The monoisotopic (exact) mass is 188 g/mol. The largest absolute Gasteiger partial charge is 0.502 e. The summed E-state index contributed by atoms with van der Waals surface area (Å²) in [5, 5.41) is 0. The molecule has 0 N–H and O–H groups in total. The third-order valence-electron chi connectivity index (χ3n) is 2.05. The molecular formula is C9H16O2S. The van der Waals surface area contributed by atoms with Crippen molar-refractivity contribution in [1.29, 1.82) is 0 Å². The van der Waals surface area contributed by atoms with Crippen molar-refractivity contribution in [3.63, 3.8) is 0 Å². The summed E-state index contributed by atoms with van der Waals surface area (Å²) < 4.78 is 16.2. The first-order chi connectivity index (χ1) is 5.83. The maximum atomic E-state index is 11.0. The Morgan fingerprint density at radius 2 is 2.50 bits per heavy atom. The second-order valence-electron chi connectivity index (χ2n) is 3.09. The highest BCUT2D eigenvalue weighted by atomic mass is 32.2. The van der Waals surface area contributed by atoms with Crippen LogP contribution in [-0.2, 0) is 15.5 Å². The van der Waals surface area contributed by atoms with Crippen molar-refractivity contribution in [2.45, 2.75) is 19.8 Å². The molecule has 2 unspecified atom stereocenters. The fourth-order valence-electron chi connectivity index (χ4n) is 1.35. The molecule has 0 spiro atoms. The van der Waals surface area contributed by atoms with Gasteiger partial charge in [-0.05, 0) is 25.7 Å². The van der Waals surface area contributed by atoms with E-state index >= 15 is 0 Å². The first-order valence-corrected chi connectivity index (χ1v) is 5.89. The minimum atomic E-state index is -0.534. The molecule has 0 aromatic heterocycles. The molecule has 2 nitrogen and oxygen atoms in total. The van der Waals surface area contributed by atoms with Gasteiger partial charge in [0.2, 0.25) is 0 Å². The van der Waals surface area contributed by atoms with Gasteiger partial charge in [-0.1, -0.05) is 6.08 Å². The van der Waals surface area contributed by atoms with Crippen LogP contribution >= 0.6 is 0 Å². The van der Waals surface area contributed by atoms with Gasteiger partial charge >= 0.3 is 0 Å². The summed E-state index contributed by atoms with van der Waals surface area (Å²) in [5.41, 5.74) is 0. The molecule has 1 saturated heterocycles. The van der Waals surface area contributed by atoms with Gasteiger partial charge in [0.25, 0.3) is 0 Å². The van der Waals surface area contributed by atoms with Crippen LogP contribution in [0.2, 0.25) is 0 Å². The second kappa shape index (κ2) is 5.36. The third-order valence-corrected chi connectivity index (χ3v) is 3.59. The van der Waals surface area contributed by atoms with Crippen LogP contribution in [0.15, 0.2) is 12.3 Å². The van der Waals surface area contributed by atoms with Crippen LogP contribution in [0.1, 0.15) is 19.8 Å². The van der Waals surface area contributed by atoms with E-state index in [0.29, 0.717) is 5.92 Å². The van der Waals surface area contributed by atoms with Crippen molar-refractivity contribution in [2.24, 2.45) is 5.92 Å². The van der Waals surface area contributed by atoms with E-state index in [1.807, 2.05) is 13.0 Å². The van der Waals surface area contributed by atoms with Gasteiger partial charge in [-0.2, -0.15) is 0 Å². The number of ether oxygens (including phenoxy) is 1. The lowest BCUT2D eigenvalue weighted by Gasteiger charge is -2.05. The molecule has 0 aliphatic carbocycles.